The number of hydrogen-bond donors (Lipinski definition) is 1. The minimum absolute atomic E-state index is 0.0408. The van der Waals surface area contributed by atoms with Crippen molar-refractivity contribution < 1.29 is 14.7 Å². The van der Waals surface area contributed by atoms with E-state index in [2.05, 4.69) is 0 Å². The number of hydrogen-bond acceptors (Lipinski definition) is 2. The predicted molar refractivity (Wildman–Crippen MR) is 86.8 cm³/mol. The molecule has 0 bridgehead atoms. The lowest BCUT2D eigenvalue weighted by molar-refractivity contribution is -0.137. The number of aliphatic carboxylic acids is 1. The molecule has 0 aliphatic carbocycles. The van der Waals surface area contributed by atoms with Crippen LogP contribution >= 0.6 is 0 Å². The van der Waals surface area contributed by atoms with E-state index >= 15 is 0 Å². The van der Waals surface area contributed by atoms with Crippen LogP contribution < -0.4 is 0 Å². The summed E-state index contributed by atoms with van der Waals surface area (Å²) >= 11 is 0. The first kappa shape index (κ1) is 15.7. The SMILES string of the molecule is O=C(O)CCCc1ccc(C(=O)C=Cc2ccccc2)cc1. The first-order chi connectivity index (χ1) is 10.6. The summed E-state index contributed by atoms with van der Waals surface area (Å²) in [5, 5.41) is 8.61. The third kappa shape index (κ3) is 5.02. The van der Waals surface area contributed by atoms with Gasteiger partial charge in [-0.15, -0.1) is 0 Å². The van der Waals surface area contributed by atoms with E-state index in [-0.39, 0.29) is 12.2 Å². The van der Waals surface area contributed by atoms with Gasteiger partial charge in [0.25, 0.3) is 0 Å². The van der Waals surface area contributed by atoms with Crippen molar-refractivity contribution in [2.45, 2.75) is 19.3 Å². The van der Waals surface area contributed by atoms with Gasteiger partial charge in [0.15, 0.2) is 5.78 Å². The first-order valence-electron chi connectivity index (χ1n) is 7.23. The Labute approximate surface area is 129 Å². The van der Waals surface area contributed by atoms with Crippen molar-refractivity contribution in [3.8, 4) is 0 Å². The molecule has 3 nitrogen and oxygen atoms in total. The molecule has 0 saturated heterocycles. The van der Waals surface area contributed by atoms with Gasteiger partial charge in [-0.05, 0) is 30.0 Å². The van der Waals surface area contributed by atoms with Gasteiger partial charge in [0.05, 0.1) is 0 Å². The fraction of sp³-hybridized carbons (Fsp3) is 0.158. The third-order valence-corrected chi connectivity index (χ3v) is 3.32. The molecular weight excluding hydrogens is 276 g/mol. The van der Waals surface area contributed by atoms with Crippen molar-refractivity contribution in [2.24, 2.45) is 0 Å². The summed E-state index contributed by atoms with van der Waals surface area (Å²) in [4.78, 5) is 22.5. The summed E-state index contributed by atoms with van der Waals surface area (Å²) in [6, 6.07) is 17.0. The normalized spacial score (nSPS) is 10.7. The van der Waals surface area contributed by atoms with Gasteiger partial charge in [0.2, 0.25) is 0 Å². The minimum atomic E-state index is -0.780. The Hall–Kier alpha value is -2.68. The second kappa shape index (κ2) is 7.93. The van der Waals surface area contributed by atoms with Crippen molar-refractivity contribution >= 4 is 17.8 Å². The molecule has 2 aromatic rings. The van der Waals surface area contributed by atoms with Crippen LogP contribution in [-0.2, 0) is 11.2 Å². The number of carbonyl (C=O) groups is 2. The molecule has 2 aromatic carbocycles. The van der Waals surface area contributed by atoms with Crippen LogP contribution in [0.1, 0.15) is 34.3 Å². The van der Waals surface area contributed by atoms with E-state index in [1.807, 2.05) is 42.5 Å². The Morgan fingerprint density at radius 2 is 1.64 bits per heavy atom. The second-order valence-electron chi connectivity index (χ2n) is 5.05. The zero-order valence-electron chi connectivity index (χ0n) is 12.2. The number of aryl methyl sites for hydroxylation is 1. The van der Waals surface area contributed by atoms with E-state index in [1.54, 1.807) is 24.3 Å². The zero-order valence-corrected chi connectivity index (χ0v) is 12.2. The fourth-order valence-electron chi connectivity index (χ4n) is 2.11. The summed E-state index contributed by atoms with van der Waals surface area (Å²) in [5.74, 6) is -0.821. The van der Waals surface area contributed by atoms with Crippen LogP contribution in [0.2, 0.25) is 0 Å². The van der Waals surface area contributed by atoms with Crippen molar-refractivity contribution in [1.29, 1.82) is 0 Å². The molecule has 0 radical (unpaired) electrons. The average Bonchev–Trinajstić information content (AvgIpc) is 2.54. The molecule has 0 aliphatic heterocycles. The molecule has 0 unspecified atom stereocenters. The Morgan fingerprint density at radius 3 is 2.27 bits per heavy atom. The largest absolute Gasteiger partial charge is 0.481 e. The topological polar surface area (TPSA) is 54.4 Å². The number of allylic oxidation sites excluding steroid dienone is 1. The van der Waals surface area contributed by atoms with E-state index < -0.39 is 5.97 Å². The van der Waals surface area contributed by atoms with Gasteiger partial charge in [0.1, 0.15) is 0 Å². The van der Waals surface area contributed by atoms with Gasteiger partial charge in [0, 0.05) is 12.0 Å². The Bertz CT molecular complexity index is 655. The number of carboxylic acids is 1. The fourth-order valence-corrected chi connectivity index (χ4v) is 2.11. The van der Waals surface area contributed by atoms with Crippen LogP contribution in [0.15, 0.2) is 60.7 Å². The van der Waals surface area contributed by atoms with Crippen LogP contribution in [0.3, 0.4) is 0 Å². The average molecular weight is 294 g/mol. The maximum Gasteiger partial charge on any atom is 0.303 e. The van der Waals surface area contributed by atoms with Crippen molar-refractivity contribution in [1.82, 2.24) is 0 Å². The number of benzene rings is 2. The summed E-state index contributed by atoms with van der Waals surface area (Å²) in [7, 11) is 0. The molecule has 0 fully saturated rings. The highest BCUT2D eigenvalue weighted by molar-refractivity contribution is 6.06. The smallest absolute Gasteiger partial charge is 0.303 e. The highest BCUT2D eigenvalue weighted by Crippen LogP contribution is 2.10. The van der Waals surface area contributed by atoms with Gasteiger partial charge in [-0.25, -0.2) is 0 Å². The van der Waals surface area contributed by atoms with E-state index in [1.165, 1.54) is 0 Å². The quantitative estimate of drug-likeness (QED) is 0.620. The molecule has 0 saturated carbocycles. The summed E-state index contributed by atoms with van der Waals surface area (Å²) in [5.41, 5.74) is 2.67. The number of ketones is 1. The lowest BCUT2D eigenvalue weighted by Crippen LogP contribution is -1.97. The molecule has 22 heavy (non-hydrogen) atoms. The molecular formula is C19H18O3. The molecule has 0 spiro atoms. The highest BCUT2D eigenvalue weighted by Gasteiger charge is 2.03. The summed E-state index contributed by atoms with van der Waals surface area (Å²) < 4.78 is 0. The van der Waals surface area contributed by atoms with Crippen LogP contribution in [0.25, 0.3) is 6.08 Å². The lowest BCUT2D eigenvalue weighted by Gasteiger charge is -2.01. The highest BCUT2D eigenvalue weighted by atomic mass is 16.4. The Balaban J connectivity index is 1.93. The van der Waals surface area contributed by atoms with E-state index in [4.69, 9.17) is 5.11 Å². The zero-order chi connectivity index (χ0) is 15.8. The third-order valence-electron chi connectivity index (χ3n) is 3.32. The molecule has 0 aliphatic rings. The van der Waals surface area contributed by atoms with E-state index in [0.717, 1.165) is 11.1 Å². The number of carbonyl (C=O) groups excluding carboxylic acids is 1. The standard InChI is InChI=1S/C19H18O3/c20-18(14-11-15-5-2-1-3-6-15)17-12-9-16(10-13-17)7-4-8-19(21)22/h1-3,5-6,9-14H,4,7-8H2,(H,21,22). The number of rotatable bonds is 7. The van der Waals surface area contributed by atoms with Crippen molar-refractivity contribution in [3.05, 3.63) is 77.4 Å². The molecule has 0 aromatic heterocycles. The molecule has 3 heteroatoms. The molecule has 2 rings (SSSR count). The summed E-state index contributed by atoms with van der Waals surface area (Å²) in [6.45, 7) is 0. The van der Waals surface area contributed by atoms with Crippen molar-refractivity contribution in [2.75, 3.05) is 0 Å². The second-order valence-corrected chi connectivity index (χ2v) is 5.05. The molecule has 0 amide bonds. The molecule has 112 valence electrons. The molecule has 1 N–H and O–H groups in total. The lowest BCUT2D eigenvalue weighted by atomic mass is 10.0. The molecule has 0 heterocycles. The van der Waals surface area contributed by atoms with Crippen LogP contribution in [0, 0.1) is 0 Å². The summed E-state index contributed by atoms with van der Waals surface area (Å²) in [6.07, 6.45) is 4.84. The van der Waals surface area contributed by atoms with E-state index in [9.17, 15) is 9.59 Å². The van der Waals surface area contributed by atoms with E-state index in [0.29, 0.717) is 18.4 Å². The van der Waals surface area contributed by atoms with Crippen LogP contribution in [0.4, 0.5) is 0 Å². The van der Waals surface area contributed by atoms with Crippen LogP contribution in [-0.4, -0.2) is 16.9 Å². The minimum Gasteiger partial charge on any atom is -0.481 e. The van der Waals surface area contributed by atoms with Gasteiger partial charge in [-0.3, -0.25) is 9.59 Å². The van der Waals surface area contributed by atoms with Gasteiger partial charge < -0.3 is 5.11 Å². The van der Waals surface area contributed by atoms with Gasteiger partial charge >= 0.3 is 5.97 Å². The first-order valence-corrected chi connectivity index (χ1v) is 7.23. The van der Waals surface area contributed by atoms with Gasteiger partial charge in [-0.1, -0.05) is 60.7 Å². The Morgan fingerprint density at radius 1 is 0.955 bits per heavy atom. The maximum atomic E-state index is 12.1. The van der Waals surface area contributed by atoms with Crippen molar-refractivity contribution in [3.63, 3.8) is 0 Å². The monoisotopic (exact) mass is 294 g/mol. The molecule has 0 atom stereocenters. The predicted octanol–water partition coefficient (Wildman–Crippen LogP) is 3.99. The maximum absolute atomic E-state index is 12.1. The van der Waals surface area contributed by atoms with Gasteiger partial charge in [-0.2, -0.15) is 0 Å². The number of carboxylic acid groups (broad SMARTS) is 1. The van der Waals surface area contributed by atoms with Crippen LogP contribution in [0.5, 0.6) is 0 Å². The Kier molecular flexibility index (Phi) is 5.66.